The third kappa shape index (κ3) is 3.36. The fraction of sp³-hybridized carbons (Fsp3) is 0.294. The molecule has 0 aliphatic heterocycles. The number of aryl methyl sites for hydroxylation is 1. The van der Waals surface area contributed by atoms with Gasteiger partial charge in [0.25, 0.3) is 0 Å². The minimum Gasteiger partial charge on any atom is -0.205 e. The molecule has 0 atom stereocenters. The molecule has 2 aromatic carbocycles. The van der Waals surface area contributed by atoms with Crippen molar-refractivity contribution < 1.29 is 4.39 Å². The van der Waals surface area contributed by atoms with Crippen molar-refractivity contribution in [3.8, 4) is 0 Å². The van der Waals surface area contributed by atoms with E-state index in [0.29, 0.717) is 18.2 Å². The summed E-state index contributed by atoms with van der Waals surface area (Å²) in [4.78, 5) is 0. The molecule has 2 rings (SSSR count). The first-order chi connectivity index (χ1) is 10.0. The van der Waals surface area contributed by atoms with Gasteiger partial charge in [-0.3, -0.25) is 0 Å². The van der Waals surface area contributed by atoms with Crippen LogP contribution < -0.4 is 0 Å². The number of benzene rings is 2. The van der Waals surface area contributed by atoms with Crippen LogP contribution in [-0.2, 0) is 11.8 Å². The zero-order valence-electron chi connectivity index (χ0n) is 11.7. The normalized spacial score (nSPS) is 11.7. The standard InChI is InChI=1S/C17H16Cl3F/c1-12-5-2-3-7-14(12)17(10-18,11-19)9-13-6-4-8-15(21)16(13)20/h2-8H,9-11H2,1H3. The molecule has 0 spiro atoms. The highest BCUT2D eigenvalue weighted by Crippen LogP contribution is 2.36. The van der Waals surface area contributed by atoms with Crippen LogP contribution in [0, 0.1) is 12.7 Å². The lowest BCUT2D eigenvalue weighted by Gasteiger charge is -2.32. The molecule has 0 fully saturated rings. The Balaban J connectivity index is 2.49. The second-order valence-corrected chi connectivity index (χ2v) is 6.16. The van der Waals surface area contributed by atoms with Gasteiger partial charge in [-0.1, -0.05) is 48.0 Å². The Hall–Kier alpha value is -0.760. The van der Waals surface area contributed by atoms with Crippen LogP contribution in [0.5, 0.6) is 0 Å². The van der Waals surface area contributed by atoms with E-state index < -0.39 is 11.2 Å². The lowest BCUT2D eigenvalue weighted by molar-refractivity contribution is 0.530. The molecule has 0 heterocycles. The maximum absolute atomic E-state index is 13.6. The topological polar surface area (TPSA) is 0 Å². The number of hydrogen-bond donors (Lipinski definition) is 0. The molecular formula is C17H16Cl3F. The first-order valence-electron chi connectivity index (χ1n) is 6.65. The van der Waals surface area contributed by atoms with E-state index in [4.69, 9.17) is 34.8 Å². The molecule has 2 aromatic rings. The van der Waals surface area contributed by atoms with E-state index in [1.165, 1.54) is 6.07 Å². The Bertz CT molecular complexity index is 621. The third-order valence-electron chi connectivity index (χ3n) is 3.79. The molecule has 21 heavy (non-hydrogen) atoms. The minimum absolute atomic E-state index is 0.144. The van der Waals surface area contributed by atoms with E-state index in [1.54, 1.807) is 6.07 Å². The van der Waals surface area contributed by atoms with Crippen LogP contribution >= 0.6 is 34.8 Å². The average Bonchev–Trinajstić information content (AvgIpc) is 2.50. The number of halogens is 4. The molecule has 0 saturated heterocycles. The zero-order chi connectivity index (χ0) is 15.5. The smallest absolute Gasteiger partial charge is 0.142 e. The summed E-state index contributed by atoms with van der Waals surface area (Å²) in [5.41, 5.74) is 2.45. The second kappa shape index (κ2) is 7.00. The fourth-order valence-corrected chi connectivity index (χ4v) is 3.54. The largest absolute Gasteiger partial charge is 0.205 e. The number of rotatable bonds is 5. The van der Waals surface area contributed by atoms with Crippen molar-refractivity contribution in [1.29, 1.82) is 0 Å². The van der Waals surface area contributed by atoms with Gasteiger partial charge in [-0.2, -0.15) is 0 Å². The van der Waals surface area contributed by atoms with Gasteiger partial charge in [-0.15, -0.1) is 23.2 Å². The summed E-state index contributed by atoms with van der Waals surface area (Å²) >= 11 is 18.6. The molecule has 0 aromatic heterocycles. The molecule has 0 amide bonds. The summed E-state index contributed by atoms with van der Waals surface area (Å²) in [5.74, 6) is 0.263. The van der Waals surface area contributed by atoms with Crippen molar-refractivity contribution in [3.05, 3.63) is 70.0 Å². The maximum Gasteiger partial charge on any atom is 0.142 e. The maximum atomic E-state index is 13.6. The summed E-state index contributed by atoms with van der Waals surface area (Å²) in [6, 6.07) is 12.8. The summed E-state index contributed by atoms with van der Waals surface area (Å²) in [6.07, 6.45) is 0.501. The van der Waals surface area contributed by atoms with E-state index in [1.807, 2.05) is 37.3 Å². The van der Waals surface area contributed by atoms with E-state index in [-0.39, 0.29) is 5.02 Å². The fourth-order valence-electron chi connectivity index (χ4n) is 2.59. The molecule has 0 unspecified atom stereocenters. The molecule has 0 N–H and O–H groups in total. The quantitative estimate of drug-likeness (QED) is 0.606. The highest BCUT2D eigenvalue weighted by Gasteiger charge is 2.33. The molecule has 0 nitrogen and oxygen atoms in total. The molecule has 4 heteroatoms. The molecule has 112 valence electrons. The number of hydrogen-bond acceptors (Lipinski definition) is 0. The predicted octanol–water partition coefficient (Wildman–Crippen LogP) is 5.75. The van der Waals surface area contributed by atoms with Crippen LogP contribution in [0.1, 0.15) is 16.7 Å². The minimum atomic E-state index is -0.466. The van der Waals surface area contributed by atoms with Crippen molar-refractivity contribution >= 4 is 34.8 Å². The van der Waals surface area contributed by atoms with Crippen molar-refractivity contribution in [2.45, 2.75) is 18.8 Å². The molecule has 0 radical (unpaired) electrons. The molecule has 0 bridgehead atoms. The van der Waals surface area contributed by atoms with Gasteiger partial charge >= 0.3 is 0 Å². The first kappa shape index (κ1) is 16.6. The third-order valence-corrected chi connectivity index (χ3v) is 5.23. The Morgan fingerprint density at radius 3 is 2.29 bits per heavy atom. The van der Waals surface area contributed by atoms with Gasteiger partial charge in [0, 0.05) is 17.2 Å². The van der Waals surface area contributed by atoms with E-state index >= 15 is 0 Å². The lowest BCUT2D eigenvalue weighted by atomic mass is 9.77. The summed E-state index contributed by atoms with van der Waals surface area (Å²) in [7, 11) is 0. The van der Waals surface area contributed by atoms with Crippen LogP contribution in [-0.4, -0.2) is 11.8 Å². The Kier molecular flexibility index (Phi) is 5.54. The van der Waals surface area contributed by atoms with Gasteiger partial charge in [0.05, 0.1) is 5.02 Å². The molecule has 0 aliphatic rings. The lowest BCUT2D eigenvalue weighted by Crippen LogP contribution is -2.34. The summed E-state index contributed by atoms with van der Waals surface area (Å²) < 4.78 is 13.6. The van der Waals surface area contributed by atoms with Crippen molar-refractivity contribution in [2.75, 3.05) is 11.8 Å². The van der Waals surface area contributed by atoms with Crippen LogP contribution in [0.2, 0.25) is 5.02 Å². The highest BCUT2D eigenvalue weighted by atomic mass is 35.5. The van der Waals surface area contributed by atoms with Crippen LogP contribution in [0.3, 0.4) is 0 Å². The van der Waals surface area contributed by atoms with E-state index in [2.05, 4.69) is 0 Å². The average molecular weight is 346 g/mol. The summed E-state index contributed by atoms with van der Waals surface area (Å²) in [5, 5.41) is 0.144. The summed E-state index contributed by atoms with van der Waals surface area (Å²) in [6.45, 7) is 2.02. The SMILES string of the molecule is Cc1ccccc1C(CCl)(CCl)Cc1cccc(F)c1Cl. The zero-order valence-corrected chi connectivity index (χ0v) is 13.9. The van der Waals surface area contributed by atoms with Crippen LogP contribution in [0.4, 0.5) is 4.39 Å². The van der Waals surface area contributed by atoms with E-state index in [9.17, 15) is 4.39 Å². The molecule has 0 aliphatic carbocycles. The molecule has 0 saturated carbocycles. The Labute approximate surface area is 139 Å². The first-order valence-corrected chi connectivity index (χ1v) is 8.10. The van der Waals surface area contributed by atoms with Gasteiger partial charge in [-0.25, -0.2) is 4.39 Å². The Morgan fingerprint density at radius 1 is 1.00 bits per heavy atom. The van der Waals surface area contributed by atoms with Crippen LogP contribution in [0.25, 0.3) is 0 Å². The van der Waals surface area contributed by atoms with Crippen molar-refractivity contribution in [3.63, 3.8) is 0 Å². The monoisotopic (exact) mass is 344 g/mol. The van der Waals surface area contributed by atoms with Gasteiger partial charge < -0.3 is 0 Å². The van der Waals surface area contributed by atoms with Gasteiger partial charge in [-0.05, 0) is 36.1 Å². The molecular weight excluding hydrogens is 330 g/mol. The number of alkyl halides is 2. The Morgan fingerprint density at radius 2 is 1.67 bits per heavy atom. The predicted molar refractivity (Wildman–Crippen MR) is 89.4 cm³/mol. The highest BCUT2D eigenvalue weighted by molar-refractivity contribution is 6.31. The van der Waals surface area contributed by atoms with Gasteiger partial charge in [0.15, 0.2) is 0 Å². The van der Waals surface area contributed by atoms with Crippen LogP contribution in [0.15, 0.2) is 42.5 Å². The van der Waals surface area contributed by atoms with E-state index in [0.717, 1.165) is 16.7 Å². The van der Waals surface area contributed by atoms with Crippen molar-refractivity contribution in [2.24, 2.45) is 0 Å². The van der Waals surface area contributed by atoms with Crippen molar-refractivity contribution in [1.82, 2.24) is 0 Å². The van der Waals surface area contributed by atoms with Gasteiger partial charge in [0.1, 0.15) is 5.82 Å². The van der Waals surface area contributed by atoms with Gasteiger partial charge in [0.2, 0.25) is 0 Å². The second-order valence-electron chi connectivity index (χ2n) is 5.25.